The fourth-order valence-corrected chi connectivity index (χ4v) is 2.71. The van der Waals surface area contributed by atoms with Crippen molar-refractivity contribution in [3.05, 3.63) is 18.1 Å². The monoisotopic (exact) mass is 263 g/mol. The number of nitrogens with two attached hydrogens (primary N) is 1. The first-order valence-corrected chi connectivity index (χ1v) is 6.94. The fraction of sp³-hybridized carbons (Fsp3) is 0.714. The number of nitrogen functional groups attached to an aromatic ring is 1. The van der Waals surface area contributed by atoms with Crippen LogP contribution in [-0.4, -0.2) is 41.5 Å². The van der Waals surface area contributed by atoms with Gasteiger partial charge in [-0.3, -0.25) is 0 Å². The molecule has 19 heavy (non-hydrogen) atoms. The minimum Gasteiger partial charge on any atom is -0.384 e. The number of hydrogen-bond acceptors (Lipinski definition) is 5. The molecular weight excluding hydrogens is 238 g/mol. The second-order valence-corrected chi connectivity index (χ2v) is 6.24. The number of nitrogens with zero attached hydrogens (tertiary/aromatic N) is 3. The van der Waals surface area contributed by atoms with Crippen LogP contribution < -0.4 is 11.1 Å². The number of rotatable bonds is 5. The number of anilines is 1. The summed E-state index contributed by atoms with van der Waals surface area (Å²) in [6.07, 6.45) is 3.00. The summed E-state index contributed by atoms with van der Waals surface area (Å²) in [5, 5.41) is 3.46. The lowest BCUT2D eigenvalue weighted by Crippen LogP contribution is -2.37. The molecule has 1 aromatic heterocycles. The first-order valence-electron chi connectivity index (χ1n) is 6.94. The Morgan fingerprint density at radius 1 is 1.53 bits per heavy atom. The van der Waals surface area contributed by atoms with Gasteiger partial charge in [-0.1, -0.05) is 13.8 Å². The van der Waals surface area contributed by atoms with E-state index in [1.807, 2.05) is 0 Å². The molecule has 1 aliphatic rings. The largest absolute Gasteiger partial charge is 0.384 e. The summed E-state index contributed by atoms with van der Waals surface area (Å²) >= 11 is 0. The van der Waals surface area contributed by atoms with Crippen LogP contribution in [0.15, 0.2) is 12.3 Å². The van der Waals surface area contributed by atoms with Crippen molar-refractivity contribution < 1.29 is 0 Å². The third-order valence-electron chi connectivity index (χ3n) is 4.09. The Balaban J connectivity index is 1.81. The van der Waals surface area contributed by atoms with Gasteiger partial charge in [0.2, 0.25) is 0 Å². The van der Waals surface area contributed by atoms with Crippen molar-refractivity contribution in [2.24, 2.45) is 11.3 Å². The van der Waals surface area contributed by atoms with Crippen LogP contribution in [0.4, 0.5) is 5.82 Å². The molecule has 0 bridgehead atoms. The summed E-state index contributed by atoms with van der Waals surface area (Å²) in [6.45, 7) is 8.74. The molecule has 1 saturated heterocycles. The summed E-state index contributed by atoms with van der Waals surface area (Å²) in [5.41, 5.74) is 5.94. The highest BCUT2D eigenvalue weighted by atomic mass is 15.1. The lowest BCUT2D eigenvalue weighted by atomic mass is 9.78. The SMILES string of the molecule is CN1CCC(C(C)(C)CNCc2nccc(N)n2)C1. The predicted molar refractivity (Wildman–Crippen MR) is 77.5 cm³/mol. The molecule has 1 unspecified atom stereocenters. The van der Waals surface area contributed by atoms with Crippen molar-refractivity contribution in [1.82, 2.24) is 20.2 Å². The van der Waals surface area contributed by atoms with Crippen LogP contribution in [0.3, 0.4) is 0 Å². The van der Waals surface area contributed by atoms with Gasteiger partial charge in [0.15, 0.2) is 0 Å². The molecule has 5 heteroatoms. The molecule has 0 saturated carbocycles. The maximum Gasteiger partial charge on any atom is 0.144 e. The van der Waals surface area contributed by atoms with Gasteiger partial charge >= 0.3 is 0 Å². The van der Waals surface area contributed by atoms with Gasteiger partial charge in [-0.15, -0.1) is 0 Å². The van der Waals surface area contributed by atoms with Crippen LogP contribution in [0, 0.1) is 11.3 Å². The molecule has 1 fully saturated rings. The van der Waals surface area contributed by atoms with Crippen molar-refractivity contribution in [3.63, 3.8) is 0 Å². The highest BCUT2D eigenvalue weighted by Gasteiger charge is 2.33. The Labute approximate surface area is 115 Å². The van der Waals surface area contributed by atoms with Gasteiger partial charge in [0.05, 0.1) is 6.54 Å². The average Bonchev–Trinajstić information content (AvgIpc) is 2.76. The second-order valence-electron chi connectivity index (χ2n) is 6.24. The van der Waals surface area contributed by atoms with Crippen molar-refractivity contribution in [3.8, 4) is 0 Å². The standard InChI is InChI=1S/C14H25N5/c1-14(2,11-5-7-19(3)9-11)10-16-8-13-17-6-4-12(15)18-13/h4,6,11,16H,5,7-10H2,1-3H3,(H2,15,17,18). The zero-order valence-electron chi connectivity index (χ0n) is 12.2. The third kappa shape index (κ3) is 3.88. The average molecular weight is 263 g/mol. The van der Waals surface area contributed by atoms with E-state index in [2.05, 4.69) is 41.1 Å². The van der Waals surface area contributed by atoms with Crippen LogP contribution in [0.25, 0.3) is 0 Å². The van der Waals surface area contributed by atoms with Gasteiger partial charge in [0.1, 0.15) is 11.6 Å². The van der Waals surface area contributed by atoms with Gasteiger partial charge in [-0.25, -0.2) is 9.97 Å². The summed E-state index contributed by atoms with van der Waals surface area (Å²) in [7, 11) is 2.20. The van der Waals surface area contributed by atoms with Crippen molar-refractivity contribution >= 4 is 5.82 Å². The van der Waals surface area contributed by atoms with E-state index in [-0.39, 0.29) is 0 Å². The molecule has 0 aromatic carbocycles. The Bertz CT molecular complexity index is 418. The van der Waals surface area contributed by atoms with E-state index in [1.165, 1.54) is 19.5 Å². The van der Waals surface area contributed by atoms with E-state index in [0.717, 1.165) is 18.3 Å². The Hall–Kier alpha value is -1.20. The Kier molecular flexibility index (Phi) is 4.37. The van der Waals surface area contributed by atoms with E-state index in [9.17, 15) is 0 Å². The lowest BCUT2D eigenvalue weighted by molar-refractivity contribution is 0.205. The van der Waals surface area contributed by atoms with Crippen LogP contribution in [0.5, 0.6) is 0 Å². The number of hydrogen-bond donors (Lipinski definition) is 2. The molecule has 106 valence electrons. The molecule has 1 atom stereocenters. The smallest absolute Gasteiger partial charge is 0.144 e. The van der Waals surface area contributed by atoms with Crippen LogP contribution in [-0.2, 0) is 6.54 Å². The van der Waals surface area contributed by atoms with Gasteiger partial charge < -0.3 is 16.0 Å². The molecule has 0 amide bonds. The molecule has 1 aliphatic heterocycles. The summed E-state index contributed by atoms with van der Waals surface area (Å²) in [4.78, 5) is 10.8. The van der Waals surface area contributed by atoms with Crippen molar-refractivity contribution in [2.75, 3.05) is 32.4 Å². The van der Waals surface area contributed by atoms with Crippen LogP contribution in [0.2, 0.25) is 0 Å². The topological polar surface area (TPSA) is 67.1 Å². The van der Waals surface area contributed by atoms with E-state index in [4.69, 9.17) is 5.73 Å². The Morgan fingerprint density at radius 3 is 2.95 bits per heavy atom. The number of aromatic nitrogens is 2. The van der Waals surface area contributed by atoms with Gasteiger partial charge in [0.25, 0.3) is 0 Å². The predicted octanol–water partition coefficient (Wildman–Crippen LogP) is 1.13. The highest BCUT2D eigenvalue weighted by Crippen LogP contribution is 2.33. The van der Waals surface area contributed by atoms with Gasteiger partial charge in [-0.05, 0) is 37.4 Å². The van der Waals surface area contributed by atoms with Gasteiger partial charge in [-0.2, -0.15) is 0 Å². The molecule has 2 heterocycles. The van der Waals surface area contributed by atoms with E-state index >= 15 is 0 Å². The maximum atomic E-state index is 5.65. The summed E-state index contributed by atoms with van der Waals surface area (Å²) in [6, 6.07) is 1.71. The van der Waals surface area contributed by atoms with Crippen LogP contribution in [0.1, 0.15) is 26.1 Å². The van der Waals surface area contributed by atoms with E-state index < -0.39 is 0 Å². The molecule has 0 spiro atoms. The fourth-order valence-electron chi connectivity index (χ4n) is 2.71. The first-order chi connectivity index (χ1) is 8.97. The van der Waals surface area contributed by atoms with E-state index in [1.54, 1.807) is 12.3 Å². The van der Waals surface area contributed by atoms with Crippen molar-refractivity contribution in [2.45, 2.75) is 26.8 Å². The highest BCUT2D eigenvalue weighted by molar-refractivity contribution is 5.24. The molecule has 1 aromatic rings. The zero-order valence-corrected chi connectivity index (χ0v) is 12.2. The maximum absolute atomic E-state index is 5.65. The summed E-state index contributed by atoms with van der Waals surface area (Å²) < 4.78 is 0. The molecule has 0 aliphatic carbocycles. The molecule has 0 radical (unpaired) electrons. The van der Waals surface area contributed by atoms with Crippen molar-refractivity contribution in [1.29, 1.82) is 0 Å². The van der Waals surface area contributed by atoms with Gasteiger partial charge in [0, 0.05) is 19.3 Å². The minimum absolute atomic E-state index is 0.297. The third-order valence-corrected chi connectivity index (χ3v) is 4.09. The van der Waals surface area contributed by atoms with Crippen LogP contribution >= 0.6 is 0 Å². The summed E-state index contributed by atoms with van der Waals surface area (Å²) in [5.74, 6) is 2.05. The molecule has 3 N–H and O–H groups in total. The molecule has 2 rings (SSSR count). The number of nitrogens with one attached hydrogen (secondary N) is 1. The lowest BCUT2D eigenvalue weighted by Gasteiger charge is -2.31. The zero-order chi connectivity index (χ0) is 13.9. The van der Waals surface area contributed by atoms with E-state index in [0.29, 0.717) is 17.8 Å². The quantitative estimate of drug-likeness (QED) is 0.833. The normalized spacial score (nSPS) is 20.9. The molecular formula is C14H25N5. The number of likely N-dealkylation sites (tertiary alicyclic amines) is 1. The molecule has 5 nitrogen and oxygen atoms in total. The second kappa shape index (κ2) is 5.84. The Morgan fingerprint density at radius 2 is 2.32 bits per heavy atom. The first kappa shape index (κ1) is 14.2. The minimum atomic E-state index is 0.297.